The fourth-order valence-electron chi connectivity index (χ4n) is 2.01. The number of benzene rings is 1. The summed E-state index contributed by atoms with van der Waals surface area (Å²) in [5, 5.41) is 9.43. The van der Waals surface area contributed by atoms with Crippen molar-refractivity contribution in [3.63, 3.8) is 0 Å². The molecular weight excluding hydrogens is 306 g/mol. The summed E-state index contributed by atoms with van der Waals surface area (Å²) in [5.74, 6) is 0. The number of aromatic nitrogens is 1. The Kier molecular flexibility index (Phi) is 4.65. The summed E-state index contributed by atoms with van der Waals surface area (Å²) in [4.78, 5) is 5.82. The Labute approximate surface area is 129 Å². The molecule has 0 saturated heterocycles. The molecule has 21 heavy (non-hydrogen) atoms. The first-order valence-corrected chi connectivity index (χ1v) is 9.00. The van der Waals surface area contributed by atoms with Crippen LogP contribution in [0.15, 0.2) is 23.1 Å². The Morgan fingerprint density at radius 1 is 1.33 bits per heavy atom. The van der Waals surface area contributed by atoms with E-state index in [0.29, 0.717) is 13.0 Å². The van der Waals surface area contributed by atoms with Gasteiger partial charge in [0.1, 0.15) is 5.01 Å². The molecule has 7 heteroatoms. The molecule has 0 saturated carbocycles. The van der Waals surface area contributed by atoms with E-state index in [1.54, 1.807) is 23.5 Å². The van der Waals surface area contributed by atoms with Gasteiger partial charge in [-0.15, -0.1) is 11.3 Å². The molecular formula is C14H19N3O2S2. The highest BCUT2D eigenvalue weighted by Crippen LogP contribution is 2.22. The minimum Gasteiger partial charge on any atom is -0.378 e. The van der Waals surface area contributed by atoms with Crippen molar-refractivity contribution in [2.75, 3.05) is 5.32 Å². The molecule has 0 radical (unpaired) electrons. The molecule has 0 spiro atoms. The van der Waals surface area contributed by atoms with Gasteiger partial charge in [0.25, 0.3) is 0 Å². The second-order valence-corrected chi connectivity index (χ2v) is 7.64. The quantitative estimate of drug-likeness (QED) is 0.885. The van der Waals surface area contributed by atoms with E-state index in [1.165, 1.54) is 4.88 Å². The van der Waals surface area contributed by atoms with E-state index in [9.17, 15) is 8.42 Å². The Bertz CT molecular complexity index is 732. The van der Waals surface area contributed by atoms with E-state index in [1.807, 2.05) is 26.8 Å². The Morgan fingerprint density at radius 2 is 2.05 bits per heavy atom. The lowest BCUT2D eigenvalue weighted by molar-refractivity contribution is 0.596. The van der Waals surface area contributed by atoms with Gasteiger partial charge in [0, 0.05) is 10.6 Å². The van der Waals surface area contributed by atoms with Crippen LogP contribution in [0.3, 0.4) is 0 Å². The summed E-state index contributed by atoms with van der Waals surface area (Å²) >= 11 is 1.63. The van der Waals surface area contributed by atoms with Crippen LogP contribution in [0, 0.1) is 13.8 Å². The Hall–Kier alpha value is -1.44. The molecule has 3 N–H and O–H groups in total. The predicted molar refractivity (Wildman–Crippen MR) is 86.1 cm³/mol. The Balaban J connectivity index is 2.21. The summed E-state index contributed by atoms with van der Waals surface area (Å²) < 4.78 is 23.3. The van der Waals surface area contributed by atoms with Crippen LogP contribution in [-0.2, 0) is 23.0 Å². The van der Waals surface area contributed by atoms with E-state index in [2.05, 4.69) is 10.3 Å². The van der Waals surface area contributed by atoms with Crippen molar-refractivity contribution in [1.82, 2.24) is 4.98 Å². The monoisotopic (exact) mass is 325 g/mol. The van der Waals surface area contributed by atoms with Crippen LogP contribution in [0.5, 0.6) is 0 Å². The molecule has 1 aromatic heterocycles. The van der Waals surface area contributed by atoms with E-state index in [4.69, 9.17) is 5.14 Å². The first-order chi connectivity index (χ1) is 9.81. The third-order valence-electron chi connectivity index (χ3n) is 3.27. The largest absolute Gasteiger partial charge is 0.378 e. The molecule has 0 aliphatic carbocycles. The van der Waals surface area contributed by atoms with Gasteiger partial charge < -0.3 is 5.32 Å². The number of aryl methyl sites for hydroxylation is 3. The molecule has 0 atom stereocenters. The summed E-state index contributed by atoms with van der Waals surface area (Å²) in [7, 11) is -3.71. The number of rotatable bonds is 5. The van der Waals surface area contributed by atoms with Crippen LogP contribution in [0.2, 0.25) is 0 Å². The van der Waals surface area contributed by atoms with Gasteiger partial charge in [0.2, 0.25) is 10.0 Å². The average molecular weight is 325 g/mol. The van der Waals surface area contributed by atoms with Gasteiger partial charge in [0.05, 0.1) is 17.1 Å². The molecule has 2 rings (SSSR count). The molecule has 114 valence electrons. The molecule has 2 aromatic rings. The van der Waals surface area contributed by atoms with Crippen LogP contribution in [0.25, 0.3) is 0 Å². The van der Waals surface area contributed by atoms with Gasteiger partial charge in [-0.25, -0.2) is 18.5 Å². The number of nitrogens with one attached hydrogen (secondary N) is 1. The fraction of sp³-hybridized carbons (Fsp3) is 0.357. The topological polar surface area (TPSA) is 85.1 Å². The van der Waals surface area contributed by atoms with Crippen LogP contribution in [0.1, 0.15) is 28.1 Å². The SMILES string of the molecule is CCc1ccc(NCc2nc(C)c(C)s2)cc1S(N)(=O)=O. The predicted octanol–water partition coefficient (Wildman–Crippen LogP) is 2.58. The van der Waals surface area contributed by atoms with Crippen LogP contribution >= 0.6 is 11.3 Å². The first-order valence-electron chi connectivity index (χ1n) is 6.63. The number of sulfonamides is 1. The number of thiazole rings is 1. The average Bonchev–Trinajstić information content (AvgIpc) is 2.74. The number of nitrogens with zero attached hydrogens (tertiary/aromatic N) is 1. The molecule has 0 bridgehead atoms. The van der Waals surface area contributed by atoms with E-state index >= 15 is 0 Å². The zero-order valence-electron chi connectivity index (χ0n) is 12.3. The molecule has 0 aliphatic rings. The third kappa shape index (κ3) is 3.81. The van der Waals surface area contributed by atoms with Gasteiger partial charge in [0.15, 0.2) is 0 Å². The van der Waals surface area contributed by atoms with Crippen molar-refractivity contribution < 1.29 is 8.42 Å². The van der Waals surface area contributed by atoms with Gasteiger partial charge >= 0.3 is 0 Å². The van der Waals surface area contributed by atoms with Gasteiger partial charge in [-0.2, -0.15) is 0 Å². The highest BCUT2D eigenvalue weighted by Gasteiger charge is 2.14. The molecule has 1 heterocycles. The molecule has 5 nitrogen and oxygen atoms in total. The van der Waals surface area contributed by atoms with Gasteiger partial charge in [-0.1, -0.05) is 13.0 Å². The normalized spacial score (nSPS) is 11.6. The van der Waals surface area contributed by atoms with Crippen molar-refractivity contribution in [2.24, 2.45) is 5.14 Å². The molecule has 0 unspecified atom stereocenters. The molecule has 0 fully saturated rings. The van der Waals surface area contributed by atoms with Gasteiger partial charge in [-0.05, 0) is 38.0 Å². The van der Waals surface area contributed by atoms with E-state index < -0.39 is 10.0 Å². The lowest BCUT2D eigenvalue weighted by Crippen LogP contribution is -2.15. The van der Waals surface area contributed by atoms with E-state index in [-0.39, 0.29) is 4.90 Å². The Morgan fingerprint density at radius 3 is 2.57 bits per heavy atom. The lowest BCUT2D eigenvalue weighted by atomic mass is 10.1. The van der Waals surface area contributed by atoms with Crippen molar-refractivity contribution >= 4 is 27.0 Å². The maximum atomic E-state index is 11.6. The standard InChI is InChI=1S/C14H19N3O2S2/c1-4-11-5-6-12(7-13(11)21(15,18)19)16-8-14-17-9(2)10(3)20-14/h5-7,16H,4,8H2,1-3H3,(H2,15,18,19). The first kappa shape index (κ1) is 15.9. The maximum Gasteiger partial charge on any atom is 0.238 e. The number of hydrogen-bond acceptors (Lipinski definition) is 5. The zero-order chi connectivity index (χ0) is 15.6. The highest BCUT2D eigenvalue weighted by molar-refractivity contribution is 7.89. The van der Waals surface area contributed by atoms with E-state index in [0.717, 1.165) is 22.0 Å². The minimum absolute atomic E-state index is 0.182. The van der Waals surface area contributed by atoms with Crippen molar-refractivity contribution in [2.45, 2.75) is 38.6 Å². The van der Waals surface area contributed by atoms with Crippen molar-refractivity contribution in [3.05, 3.63) is 39.3 Å². The smallest absolute Gasteiger partial charge is 0.238 e. The number of nitrogens with two attached hydrogens (primary N) is 1. The summed E-state index contributed by atoms with van der Waals surface area (Å²) in [6, 6.07) is 5.24. The van der Waals surface area contributed by atoms with Crippen molar-refractivity contribution in [1.29, 1.82) is 0 Å². The summed E-state index contributed by atoms with van der Waals surface area (Å²) in [6.07, 6.45) is 0.622. The maximum absolute atomic E-state index is 11.6. The van der Waals surface area contributed by atoms with Crippen LogP contribution in [-0.4, -0.2) is 13.4 Å². The van der Waals surface area contributed by atoms with Gasteiger partial charge in [-0.3, -0.25) is 0 Å². The molecule has 0 amide bonds. The summed E-state index contributed by atoms with van der Waals surface area (Å²) in [5.41, 5.74) is 2.48. The molecule has 0 aliphatic heterocycles. The highest BCUT2D eigenvalue weighted by atomic mass is 32.2. The number of primary sulfonamides is 1. The third-order valence-corrected chi connectivity index (χ3v) is 5.34. The van der Waals surface area contributed by atoms with Crippen molar-refractivity contribution in [3.8, 4) is 0 Å². The summed E-state index contributed by atoms with van der Waals surface area (Å²) in [6.45, 7) is 6.48. The lowest BCUT2D eigenvalue weighted by Gasteiger charge is -2.10. The second kappa shape index (κ2) is 6.13. The second-order valence-electron chi connectivity index (χ2n) is 4.82. The zero-order valence-corrected chi connectivity index (χ0v) is 13.9. The van der Waals surface area contributed by atoms with Crippen LogP contribution in [0.4, 0.5) is 5.69 Å². The minimum atomic E-state index is -3.71. The fourth-order valence-corrected chi connectivity index (χ4v) is 3.76. The number of anilines is 1. The van der Waals surface area contributed by atoms with Crippen LogP contribution < -0.4 is 10.5 Å². The number of hydrogen-bond donors (Lipinski definition) is 2. The molecule has 1 aromatic carbocycles.